The Morgan fingerprint density at radius 2 is 2.15 bits per heavy atom. The highest BCUT2D eigenvalue weighted by Gasteiger charge is 2.33. The van der Waals surface area contributed by atoms with E-state index in [1.807, 2.05) is 0 Å². The lowest BCUT2D eigenvalue weighted by Crippen LogP contribution is -2.45. The van der Waals surface area contributed by atoms with Gasteiger partial charge in [-0.2, -0.15) is 0 Å². The van der Waals surface area contributed by atoms with Gasteiger partial charge in [-0.25, -0.2) is 0 Å². The van der Waals surface area contributed by atoms with Crippen LogP contribution >= 0.6 is 0 Å². The van der Waals surface area contributed by atoms with Gasteiger partial charge < -0.3 is 19.4 Å². The van der Waals surface area contributed by atoms with E-state index in [0.29, 0.717) is 12.1 Å². The fourth-order valence-corrected chi connectivity index (χ4v) is 1.42. The third-order valence-corrected chi connectivity index (χ3v) is 2.17. The summed E-state index contributed by atoms with van der Waals surface area (Å²) in [5, 5.41) is 11.9. The van der Waals surface area contributed by atoms with E-state index in [-0.39, 0.29) is 18.5 Å². The minimum atomic E-state index is -0.287. The maximum absolute atomic E-state index is 8.71. The van der Waals surface area contributed by atoms with Crippen molar-refractivity contribution in [2.75, 3.05) is 14.2 Å². The molecule has 5 heteroatoms. The molecule has 1 aliphatic heterocycles. The number of hydrogen-bond donors (Lipinski definition) is 1. The van der Waals surface area contributed by atoms with E-state index >= 15 is 0 Å². The quantitative estimate of drug-likeness (QED) is 0.510. The second kappa shape index (κ2) is 4.55. The van der Waals surface area contributed by atoms with Crippen molar-refractivity contribution in [1.82, 2.24) is 0 Å². The minimum Gasteiger partial charge on any atom is -0.411 e. The van der Waals surface area contributed by atoms with Crippen LogP contribution in [0.5, 0.6) is 0 Å². The fourth-order valence-electron chi connectivity index (χ4n) is 1.42. The maximum atomic E-state index is 8.71. The highest BCUT2D eigenvalue weighted by molar-refractivity contribution is 5.92. The normalized spacial score (nSPS) is 38.1. The van der Waals surface area contributed by atoms with E-state index < -0.39 is 0 Å². The molecule has 0 amide bonds. The van der Waals surface area contributed by atoms with E-state index in [9.17, 15) is 0 Å². The molecular formula is C8H15NO4. The van der Waals surface area contributed by atoms with Gasteiger partial charge in [0.2, 0.25) is 0 Å². The van der Waals surface area contributed by atoms with Crippen LogP contribution in [0.15, 0.2) is 5.16 Å². The summed E-state index contributed by atoms with van der Waals surface area (Å²) in [7, 11) is 3.14. The van der Waals surface area contributed by atoms with Crippen LogP contribution in [0.2, 0.25) is 0 Å². The third-order valence-electron chi connectivity index (χ3n) is 2.17. The van der Waals surface area contributed by atoms with Crippen LogP contribution in [0.4, 0.5) is 0 Å². The molecule has 0 aromatic carbocycles. The first-order valence-electron chi connectivity index (χ1n) is 4.15. The predicted molar refractivity (Wildman–Crippen MR) is 46.0 cm³/mol. The molecule has 5 nitrogen and oxygen atoms in total. The molecule has 1 saturated heterocycles. The Labute approximate surface area is 77.3 Å². The average molecular weight is 189 g/mol. The molecule has 0 unspecified atom stereocenters. The van der Waals surface area contributed by atoms with Crippen molar-refractivity contribution in [3.05, 3.63) is 0 Å². The fraction of sp³-hybridized carbons (Fsp3) is 0.875. The van der Waals surface area contributed by atoms with Gasteiger partial charge in [0.05, 0.1) is 0 Å². The van der Waals surface area contributed by atoms with Gasteiger partial charge in [-0.3, -0.25) is 0 Å². The number of ether oxygens (including phenoxy) is 3. The van der Waals surface area contributed by atoms with Crippen LogP contribution in [-0.2, 0) is 14.2 Å². The van der Waals surface area contributed by atoms with Gasteiger partial charge in [0.1, 0.15) is 17.9 Å². The van der Waals surface area contributed by atoms with Gasteiger partial charge in [-0.15, -0.1) is 0 Å². The van der Waals surface area contributed by atoms with Gasteiger partial charge in [0.25, 0.3) is 0 Å². The smallest absolute Gasteiger partial charge is 0.160 e. The first-order valence-corrected chi connectivity index (χ1v) is 4.15. The molecule has 0 bridgehead atoms. The number of rotatable bonds is 2. The third kappa shape index (κ3) is 2.18. The summed E-state index contributed by atoms with van der Waals surface area (Å²) >= 11 is 0. The lowest BCUT2D eigenvalue weighted by Gasteiger charge is -2.32. The molecule has 76 valence electrons. The first-order chi connectivity index (χ1) is 6.22. The molecule has 1 fully saturated rings. The summed E-state index contributed by atoms with van der Waals surface area (Å²) in [6, 6.07) is 0. The van der Waals surface area contributed by atoms with Crippen molar-refractivity contribution < 1.29 is 19.4 Å². The Balaban J connectivity index is 2.68. The molecule has 1 N–H and O–H groups in total. The van der Waals surface area contributed by atoms with Crippen LogP contribution in [0.1, 0.15) is 13.3 Å². The largest absolute Gasteiger partial charge is 0.411 e. The highest BCUT2D eigenvalue weighted by atomic mass is 16.7. The second-order valence-corrected chi connectivity index (χ2v) is 2.93. The lowest BCUT2D eigenvalue weighted by atomic mass is 10.0. The summed E-state index contributed by atoms with van der Waals surface area (Å²) < 4.78 is 15.6. The Morgan fingerprint density at radius 1 is 1.46 bits per heavy atom. The highest BCUT2D eigenvalue weighted by Crippen LogP contribution is 2.19. The van der Waals surface area contributed by atoms with Crippen molar-refractivity contribution in [1.29, 1.82) is 0 Å². The number of oxime groups is 1. The predicted octanol–water partition coefficient (Wildman–Crippen LogP) is 0.613. The zero-order valence-electron chi connectivity index (χ0n) is 8.06. The maximum Gasteiger partial charge on any atom is 0.160 e. The molecule has 0 saturated carbocycles. The Bertz CT molecular complexity index is 195. The van der Waals surface area contributed by atoms with E-state index in [0.717, 1.165) is 0 Å². The summed E-state index contributed by atoms with van der Waals surface area (Å²) in [5.74, 6) is 0. The zero-order valence-corrected chi connectivity index (χ0v) is 8.06. The van der Waals surface area contributed by atoms with Crippen LogP contribution in [0.25, 0.3) is 0 Å². The Kier molecular flexibility index (Phi) is 3.65. The van der Waals surface area contributed by atoms with Crippen molar-refractivity contribution in [2.24, 2.45) is 5.16 Å². The molecule has 3 atom stereocenters. The van der Waals surface area contributed by atoms with Crippen molar-refractivity contribution in [3.8, 4) is 0 Å². The van der Waals surface area contributed by atoms with Crippen molar-refractivity contribution in [3.63, 3.8) is 0 Å². The van der Waals surface area contributed by atoms with Gasteiger partial charge in [0.15, 0.2) is 6.29 Å². The van der Waals surface area contributed by atoms with Crippen molar-refractivity contribution >= 4 is 5.71 Å². The van der Waals surface area contributed by atoms with Crippen molar-refractivity contribution in [2.45, 2.75) is 31.8 Å². The number of nitrogens with zero attached hydrogens (tertiary/aromatic N) is 1. The van der Waals surface area contributed by atoms with E-state index in [4.69, 9.17) is 19.4 Å². The first kappa shape index (κ1) is 10.4. The Morgan fingerprint density at radius 3 is 2.62 bits per heavy atom. The second-order valence-electron chi connectivity index (χ2n) is 2.93. The lowest BCUT2D eigenvalue weighted by molar-refractivity contribution is -0.164. The standard InChI is InChI=1S/C8H15NO4/c1-5-8(9-10)6(11-2)4-7(12-3)13-5/h5-7,10H,4H2,1-3H3/t5-,6-,7+/m0/s1. The molecule has 0 aromatic rings. The average Bonchev–Trinajstić information content (AvgIpc) is 2.16. The molecule has 0 aliphatic carbocycles. The number of hydrogen-bond acceptors (Lipinski definition) is 5. The van der Waals surface area contributed by atoms with E-state index in [1.54, 1.807) is 21.1 Å². The van der Waals surface area contributed by atoms with Gasteiger partial charge in [-0.1, -0.05) is 5.16 Å². The summed E-state index contributed by atoms with van der Waals surface area (Å²) in [6.45, 7) is 1.80. The molecule has 1 rings (SSSR count). The minimum absolute atomic E-state index is 0.223. The SMILES string of the molecule is CO[C@H]1C[C@H](OC)C(=NO)[C@H](C)O1. The monoisotopic (exact) mass is 189 g/mol. The Hall–Kier alpha value is -0.650. The molecule has 1 aliphatic rings. The van der Waals surface area contributed by atoms with Crippen LogP contribution in [0.3, 0.4) is 0 Å². The topological polar surface area (TPSA) is 60.3 Å². The van der Waals surface area contributed by atoms with Gasteiger partial charge in [0, 0.05) is 20.6 Å². The van der Waals surface area contributed by atoms with Gasteiger partial charge in [-0.05, 0) is 6.92 Å². The number of methoxy groups -OCH3 is 2. The molecule has 1 heterocycles. The van der Waals surface area contributed by atoms with E-state index in [1.165, 1.54) is 0 Å². The van der Waals surface area contributed by atoms with Crippen LogP contribution < -0.4 is 0 Å². The van der Waals surface area contributed by atoms with Gasteiger partial charge >= 0.3 is 0 Å². The van der Waals surface area contributed by atoms with E-state index in [2.05, 4.69) is 5.16 Å². The summed E-state index contributed by atoms with van der Waals surface area (Å²) in [4.78, 5) is 0. The summed E-state index contributed by atoms with van der Waals surface area (Å²) in [6.07, 6.45) is -0.228. The molecular weight excluding hydrogens is 174 g/mol. The molecule has 0 aromatic heterocycles. The zero-order chi connectivity index (χ0) is 9.84. The summed E-state index contributed by atoms with van der Waals surface area (Å²) in [5.41, 5.74) is 0.510. The van der Waals surface area contributed by atoms with Crippen LogP contribution in [0, 0.1) is 0 Å². The van der Waals surface area contributed by atoms with Crippen LogP contribution in [-0.4, -0.2) is 43.6 Å². The molecule has 0 spiro atoms. The molecule has 13 heavy (non-hydrogen) atoms. The molecule has 0 radical (unpaired) electrons.